The first-order chi connectivity index (χ1) is 6.33. The number of halogens is 1. The van der Waals surface area contributed by atoms with Gasteiger partial charge in [0.1, 0.15) is 13.4 Å². The molecule has 2 heterocycles. The van der Waals surface area contributed by atoms with Crippen molar-refractivity contribution in [3.63, 3.8) is 0 Å². The molecule has 0 aliphatic carbocycles. The van der Waals surface area contributed by atoms with E-state index in [1.54, 1.807) is 13.3 Å². The highest BCUT2D eigenvalue weighted by molar-refractivity contribution is 6.26. The average molecular weight is 200 g/mol. The summed E-state index contributed by atoms with van der Waals surface area (Å²) >= 11 is 5.89. The molecule has 0 saturated carbocycles. The van der Waals surface area contributed by atoms with Gasteiger partial charge in [0.05, 0.1) is 5.70 Å². The smallest absolute Gasteiger partial charge is 0.168 e. The summed E-state index contributed by atoms with van der Waals surface area (Å²) in [6.45, 7) is 1.15. The predicted molar refractivity (Wildman–Crippen MR) is 50.9 cm³/mol. The SMILES string of the molecule is COCN1CN=C2C1=CC=CN2Cl. The molecule has 2 aliphatic heterocycles. The topological polar surface area (TPSA) is 28.1 Å². The van der Waals surface area contributed by atoms with Gasteiger partial charge in [-0.3, -0.25) is 0 Å². The number of hydrogen-bond acceptors (Lipinski definition) is 4. The number of nitrogens with zero attached hydrogens (tertiary/aromatic N) is 3. The zero-order valence-electron chi connectivity index (χ0n) is 7.27. The average Bonchev–Trinajstić information content (AvgIpc) is 2.51. The maximum absolute atomic E-state index is 5.89. The predicted octanol–water partition coefficient (Wildman–Crippen LogP) is 1.13. The molecule has 70 valence electrons. The molecule has 0 aromatic rings. The van der Waals surface area contributed by atoms with E-state index in [2.05, 4.69) is 4.99 Å². The highest BCUT2D eigenvalue weighted by Gasteiger charge is 2.25. The summed E-state index contributed by atoms with van der Waals surface area (Å²) in [5.41, 5.74) is 1.01. The van der Waals surface area contributed by atoms with Crippen molar-refractivity contribution in [2.45, 2.75) is 0 Å². The minimum atomic E-state index is 0.539. The van der Waals surface area contributed by atoms with Crippen molar-refractivity contribution in [1.29, 1.82) is 0 Å². The minimum absolute atomic E-state index is 0.539. The molecule has 0 aromatic carbocycles. The Bertz CT molecular complexity index is 298. The minimum Gasteiger partial charge on any atom is -0.364 e. The molecule has 0 amide bonds. The quantitative estimate of drug-likeness (QED) is 0.625. The molecule has 0 bridgehead atoms. The van der Waals surface area contributed by atoms with Crippen LogP contribution in [0.3, 0.4) is 0 Å². The zero-order valence-corrected chi connectivity index (χ0v) is 8.03. The van der Waals surface area contributed by atoms with E-state index < -0.39 is 0 Å². The summed E-state index contributed by atoms with van der Waals surface area (Å²) in [6, 6.07) is 0. The van der Waals surface area contributed by atoms with E-state index in [9.17, 15) is 0 Å². The van der Waals surface area contributed by atoms with Gasteiger partial charge in [0, 0.05) is 25.1 Å². The van der Waals surface area contributed by atoms with Crippen molar-refractivity contribution in [1.82, 2.24) is 9.32 Å². The molecule has 0 saturated heterocycles. The molecule has 0 fully saturated rings. The molecule has 0 unspecified atom stereocenters. The molecular formula is C8H10ClN3O. The Morgan fingerprint density at radius 2 is 2.54 bits per heavy atom. The zero-order chi connectivity index (χ0) is 9.26. The largest absolute Gasteiger partial charge is 0.364 e. The fourth-order valence-electron chi connectivity index (χ4n) is 1.35. The van der Waals surface area contributed by atoms with Gasteiger partial charge in [0.15, 0.2) is 5.84 Å². The van der Waals surface area contributed by atoms with Crippen LogP contribution in [0.2, 0.25) is 0 Å². The van der Waals surface area contributed by atoms with Gasteiger partial charge in [0.2, 0.25) is 0 Å². The van der Waals surface area contributed by atoms with Crippen LogP contribution in [0.15, 0.2) is 29.0 Å². The van der Waals surface area contributed by atoms with Crippen LogP contribution in [0.25, 0.3) is 0 Å². The lowest BCUT2D eigenvalue weighted by atomic mass is 10.3. The van der Waals surface area contributed by atoms with E-state index >= 15 is 0 Å². The van der Waals surface area contributed by atoms with Crippen molar-refractivity contribution in [2.75, 3.05) is 20.5 Å². The Morgan fingerprint density at radius 1 is 1.69 bits per heavy atom. The van der Waals surface area contributed by atoms with Crippen LogP contribution < -0.4 is 0 Å². The van der Waals surface area contributed by atoms with Gasteiger partial charge >= 0.3 is 0 Å². The van der Waals surface area contributed by atoms with E-state index in [-0.39, 0.29) is 0 Å². The summed E-state index contributed by atoms with van der Waals surface area (Å²) in [6.07, 6.45) is 5.62. The van der Waals surface area contributed by atoms with Crippen LogP contribution in [0, 0.1) is 0 Å². The van der Waals surface area contributed by atoms with E-state index in [0.717, 1.165) is 11.5 Å². The summed E-state index contributed by atoms with van der Waals surface area (Å²) in [5, 5.41) is 0. The number of aliphatic imine (C=N–C) groups is 1. The van der Waals surface area contributed by atoms with Crippen molar-refractivity contribution < 1.29 is 4.74 Å². The lowest BCUT2D eigenvalue weighted by molar-refractivity contribution is 0.0972. The number of allylic oxidation sites excluding steroid dienone is 2. The maximum atomic E-state index is 5.89. The molecule has 0 spiro atoms. The van der Waals surface area contributed by atoms with E-state index in [1.165, 1.54) is 4.42 Å². The van der Waals surface area contributed by atoms with E-state index in [0.29, 0.717) is 13.4 Å². The van der Waals surface area contributed by atoms with Gasteiger partial charge in [-0.25, -0.2) is 9.41 Å². The first-order valence-corrected chi connectivity index (χ1v) is 4.29. The Balaban J connectivity index is 2.19. The van der Waals surface area contributed by atoms with Gasteiger partial charge in [-0.2, -0.15) is 0 Å². The third-order valence-electron chi connectivity index (χ3n) is 1.92. The Morgan fingerprint density at radius 3 is 3.31 bits per heavy atom. The number of rotatable bonds is 2. The van der Waals surface area contributed by atoms with Crippen molar-refractivity contribution in [3.8, 4) is 0 Å². The molecule has 2 aliphatic rings. The van der Waals surface area contributed by atoms with Gasteiger partial charge in [-0.1, -0.05) is 0 Å². The molecule has 0 N–H and O–H groups in total. The fourth-order valence-corrected chi connectivity index (χ4v) is 1.56. The van der Waals surface area contributed by atoms with Crippen LogP contribution in [-0.2, 0) is 4.74 Å². The summed E-state index contributed by atoms with van der Waals surface area (Å²) in [7, 11) is 1.66. The third kappa shape index (κ3) is 1.43. The molecule has 13 heavy (non-hydrogen) atoms. The monoisotopic (exact) mass is 199 g/mol. The fraction of sp³-hybridized carbons (Fsp3) is 0.375. The highest BCUT2D eigenvalue weighted by Crippen LogP contribution is 2.22. The van der Waals surface area contributed by atoms with Gasteiger partial charge in [-0.05, 0) is 12.2 Å². The van der Waals surface area contributed by atoms with Crippen molar-refractivity contribution in [3.05, 3.63) is 24.0 Å². The number of ether oxygens (including phenoxy) is 1. The third-order valence-corrected chi connectivity index (χ3v) is 2.19. The first-order valence-electron chi connectivity index (χ1n) is 3.95. The summed E-state index contributed by atoms with van der Waals surface area (Å²) < 4.78 is 6.53. The molecule has 2 rings (SSSR count). The van der Waals surface area contributed by atoms with Gasteiger partial charge in [0.25, 0.3) is 0 Å². The standard InChI is InChI=1S/C8H10ClN3O/c1-13-6-11-5-10-8-7(11)3-2-4-12(8)9/h2-4H,5-6H2,1H3. The van der Waals surface area contributed by atoms with E-state index in [1.807, 2.05) is 17.1 Å². The molecular weight excluding hydrogens is 190 g/mol. The van der Waals surface area contributed by atoms with Crippen LogP contribution in [-0.4, -0.2) is 35.7 Å². The molecule has 4 nitrogen and oxygen atoms in total. The highest BCUT2D eigenvalue weighted by atomic mass is 35.5. The van der Waals surface area contributed by atoms with Gasteiger partial charge < -0.3 is 9.64 Å². The Hall–Kier alpha value is -1.00. The van der Waals surface area contributed by atoms with Crippen LogP contribution >= 0.6 is 11.8 Å². The number of methoxy groups -OCH3 is 1. The lowest BCUT2D eigenvalue weighted by Crippen LogP contribution is -2.28. The number of hydrogen-bond donors (Lipinski definition) is 0. The van der Waals surface area contributed by atoms with Crippen molar-refractivity contribution >= 4 is 17.6 Å². The second-order valence-corrected chi connectivity index (χ2v) is 3.15. The second kappa shape index (κ2) is 3.40. The maximum Gasteiger partial charge on any atom is 0.168 e. The molecule has 0 atom stereocenters. The van der Waals surface area contributed by atoms with Gasteiger partial charge in [-0.15, -0.1) is 0 Å². The number of amidine groups is 1. The van der Waals surface area contributed by atoms with Crippen LogP contribution in [0.1, 0.15) is 0 Å². The first kappa shape index (κ1) is 8.59. The Kier molecular flexibility index (Phi) is 2.24. The normalized spacial score (nSPS) is 20.2. The lowest BCUT2D eigenvalue weighted by Gasteiger charge is -2.22. The summed E-state index contributed by atoms with van der Waals surface area (Å²) in [5.74, 6) is 0.793. The number of fused-ring (bicyclic) bond motifs is 1. The molecule has 5 heteroatoms. The molecule has 0 aromatic heterocycles. The van der Waals surface area contributed by atoms with Crippen LogP contribution in [0.4, 0.5) is 0 Å². The van der Waals surface area contributed by atoms with Crippen molar-refractivity contribution in [2.24, 2.45) is 4.99 Å². The van der Waals surface area contributed by atoms with Crippen LogP contribution in [0.5, 0.6) is 0 Å². The summed E-state index contributed by atoms with van der Waals surface area (Å²) in [4.78, 5) is 6.28. The second-order valence-electron chi connectivity index (χ2n) is 2.79. The van der Waals surface area contributed by atoms with E-state index in [4.69, 9.17) is 16.5 Å². The Labute approximate surface area is 81.8 Å². The molecule has 0 radical (unpaired) electrons.